The van der Waals surface area contributed by atoms with Gasteiger partial charge in [0, 0.05) is 41.9 Å². The Kier molecular flexibility index (Phi) is 8.04. The van der Waals surface area contributed by atoms with Gasteiger partial charge < -0.3 is 20.7 Å². The van der Waals surface area contributed by atoms with Gasteiger partial charge in [-0.05, 0) is 68.9 Å². The number of ether oxygens (including phenoxy) is 1. The summed E-state index contributed by atoms with van der Waals surface area (Å²) in [6, 6.07) is 3.21. The van der Waals surface area contributed by atoms with Gasteiger partial charge in [0.1, 0.15) is 35.5 Å². The summed E-state index contributed by atoms with van der Waals surface area (Å²) in [5, 5.41) is 12.0. The number of nitrogen functional groups attached to an aromatic ring is 1. The molecule has 0 unspecified atom stereocenters. The van der Waals surface area contributed by atoms with Crippen molar-refractivity contribution in [3.63, 3.8) is 0 Å². The summed E-state index contributed by atoms with van der Waals surface area (Å²) < 4.78 is 127. The van der Waals surface area contributed by atoms with E-state index < -0.39 is 80.0 Å². The largest absolute Gasteiger partial charge is 0.461 e. The van der Waals surface area contributed by atoms with Gasteiger partial charge in [0.05, 0.1) is 32.4 Å². The van der Waals surface area contributed by atoms with Crippen molar-refractivity contribution in [1.82, 2.24) is 20.2 Å². The number of nitriles is 1. The normalized spacial score (nSPS) is 25.5. The predicted octanol–water partition coefficient (Wildman–Crippen LogP) is 7.29. The van der Waals surface area contributed by atoms with Crippen LogP contribution in [0.4, 0.5) is 45.9 Å². The van der Waals surface area contributed by atoms with E-state index in [-0.39, 0.29) is 47.1 Å². The second-order valence-electron chi connectivity index (χ2n) is 13.8. The molecule has 3 N–H and O–H groups in total. The molecule has 51 heavy (non-hydrogen) atoms. The minimum atomic E-state index is -5.44. The van der Waals surface area contributed by atoms with Crippen molar-refractivity contribution in [2.75, 3.05) is 50.0 Å². The molecule has 0 amide bonds. The highest BCUT2D eigenvalue weighted by molar-refractivity contribution is 7.23. The number of thiophene rings is 1. The van der Waals surface area contributed by atoms with Crippen molar-refractivity contribution in [3.05, 3.63) is 40.7 Å². The molecule has 4 fully saturated rings. The van der Waals surface area contributed by atoms with Crippen LogP contribution < -0.4 is 20.7 Å². The van der Waals surface area contributed by atoms with Crippen LogP contribution in [0.25, 0.3) is 32.1 Å². The first kappa shape index (κ1) is 34.1. The van der Waals surface area contributed by atoms with Gasteiger partial charge in [-0.3, -0.25) is 4.90 Å². The lowest BCUT2D eigenvalue weighted by atomic mass is 9.88. The number of halogens is 8. The van der Waals surface area contributed by atoms with Crippen LogP contribution in [0.3, 0.4) is 0 Å². The van der Waals surface area contributed by atoms with Crippen molar-refractivity contribution < 1.29 is 39.9 Å². The molecule has 2 aromatic carbocycles. The summed E-state index contributed by atoms with van der Waals surface area (Å²) in [5.41, 5.74) is -1.41. The SMILES string of the molecule is N#Cc1c(N)sc2c(F)ccc(-c3c(C(F)(F)F)cc4c(N5CC[C@H]6CNCC[C@H]65)nc(OC[C@@]56CCCN5C[C@H](F)C6)nc4c3C(F)(F)F)c12. The number of hydrogen-bond acceptors (Lipinski definition) is 9. The fourth-order valence-electron chi connectivity index (χ4n) is 8.80. The molecule has 4 aliphatic rings. The van der Waals surface area contributed by atoms with E-state index in [0.29, 0.717) is 62.8 Å². The molecule has 0 aliphatic carbocycles. The number of benzene rings is 2. The van der Waals surface area contributed by atoms with Crippen LogP contribution in [0.5, 0.6) is 6.01 Å². The molecule has 0 spiro atoms. The third-order valence-electron chi connectivity index (χ3n) is 10.9. The second kappa shape index (κ2) is 12.0. The summed E-state index contributed by atoms with van der Waals surface area (Å²) in [5.74, 6) is -0.990. The molecule has 0 saturated carbocycles. The summed E-state index contributed by atoms with van der Waals surface area (Å²) in [7, 11) is 0. The molecule has 270 valence electrons. The number of nitrogens with one attached hydrogen (secondary N) is 1. The molecule has 8 rings (SSSR count). The van der Waals surface area contributed by atoms with Crippen molar-refractivity contribution in [2.45, 2.75) is 62.2 Å². The third-order valence-corrected chi connectivity index (χ3v) is 12.0. The lowest BCUT2D eigenvalue weighted by Crippen LogP contribution is -2.44. The maximum atomic E-state index is 15.6. The minimum Gasteiger partial charge on any atom is -0.461 e. The highest BCUT2D eigenvalue weighted by Gasteiger charge is 2.50. The summed E-state index contributed by atoms with van der Waals surface area (Å²) in [6.45, 7) is 2.26. The molecule has 6 heterocycles. The van der Waals surface area contributed by atoms with E-state index >= 15 is 30.7 Å². The van der Waals surface area contributed by atoms with Crippen LogP contribution in [-0.2, 0) is 12.4 Å². The topological polar surface area (TPSA) is 103 Å². The van der Waals surface area contributed by atoms with Crippen LogP contribution in [0.15, 0.2) is 18.2 Å². The standard InChI is InChI=1S/C34H31F8N7OS/c35-17-11-32(6-1-8-48(32)14-17)15-50-31-46-27-19(30(47-31)49-9-5-16-13-45-7-4-23(16)49)10-21(33(37,38)39)25(26(27)34(40,41)42)18-2-3-22(36)28-24(18)20(12-43)29(44)51-28/h2-3,10,16-17,23,45H,1,4-9,11,13-15,44H2/t16-,17+,23+,32-/m0/s1. The van der Waals surface area contributed by atoms with Gasteiger partial charge in [-0.15, -0.1) is 11.3 Å². The van der Waals surface area contributed by atoms with Gasteiger partial charge in [-0.25, -0.2) is 8.78 Å². The number of aromatic nitrogens is 2. The maximum Gasteiger partial charge on any atom is 0.419 e. The van der Waals surface area contributed by atoms with Crippen LogP contribution in [0, 0.1) is 23.1 Å². The molecule has 4 atom stereocenters. The quantitative estimate of drug-likeness (QED) is 0.206. The first-order valence-corrected chi connectivity index (χ1v) is 17.4. The van der Waals surface area contributed by atoms with E-state index in [4.69, 9.17) is 10.5 Å². The molecular weight excluding hydrogens is 706 g/mol. The van der Waals surface area contributed by atoms with Gasteiger partial charge in [0.25, 0.3) is 0 Å². The van der Waals surface area contributed by atoms with E-state index in [1.165, 1.54) is 0 Å². The molecule has 0 radical (unpaired) electrons. The molecule has 17 heteroatoms. The molecule has 8 nitrogen and oxygen atoms in total. The van der Waals surface area contributed by atoms with E-state index in [1.807, 2.05) is 4.90 Å². The average Bonchev–Trinajstić information content (AvgIpc) is 3.82. The van der Waals surface area contributed by atoms with Crippen LogP contribution in [0.1, 0.15) is 48.8 Å². The minimum absolute atomic E-state index is 0.0865. The van der Waals surface area contributed by atoms with Crippen LogP contribution >= 0.6 is 11.3 Å². The molecule has 4 aliphatic heterocycles. The Morgan fingerprint density at radius 2 is 1.92 bits per heavy atom. The number of rotatable bonds is 5. The molecule has 2 aromatic heterocycles. The molecule has 0 bridgehead atoms. The van der Waals surface area contributed by atoms with Gasteiger partial charge in [-0.1, -0.05) is 6.07 Å². The lowest BCUT2D eigenvalue weighted by Gasteiger charge is -2.34. The van der Waals surface area contributed by atoms with E-state index in [1.54, 1.807) is 11.0 Å². The van der Waals surface area contributed by atoms with Crippen LogP contribution in [0.2, 0.25) is 0 Å². The Morgan fingerprint density at radius 1 is 1.12 bits per heavy atom. The van der Waals surface area contributed by atoms with Crippen molar-refractivity contribution in [1.29, 1.82) is 5.26 Å². The van der Waals surface area contributed by atoms with Gasteiger partial charge >= 0.3 is 18.4 Å². The third kappa shape index (κ3) is 5.52. The summed E-state index contributed by atoms with van der Waals surface area (Å²) in [6.07, 6.45) is -9.15. The number of alkyl halides is 7. The van der Waals surface area contributed by atoms with Crippen LogP contribution in [-0.4, -0.2) is 72.0 Å². The van der Waals surface area contributed by atoms with Crippen molar-refractivity contribution >= 4 is 43.1 Å². The summed E-state index contributed by atoms with van der Waals surface area (Å²) >= 11 is 0.557. The molecule has 4 saturated heterocycles. The monoisotopic (exact) mass is 737 g/mol. The smallest absolute Gasteiger partial charge is 0.419 e. The maximum absolute atomic E-state index is 15.6. The Bertz CT molecular complexity index is 2100. The number of hydrogen-bond donors (Lipinski definition) is 2. The average molecular weight is 738 g/mol. The molecule has 4 aromatic rings. The Hall–Kier alpha value is -4.01. The Morgan fingerprint density at radius 3 is 2.67 bits per heavy atom. The fourth-order valence-corrected chi connectivity index (χ4v) is 9.75. The van der Waals surface area contributed by atoms with E-state index in [9.17, 15) is 9.65 Å². The zero-order valence-corrected chi connectivity index (χ0v) is 27.7. The zero-order chi connectivity index (χ0) is 36.0. The first-order valence-electron chi connectivity index (χ1n) is 16.6. The highest BCUT2D eigenvalue weighted by Crippen LogP contribution is 2.53. The Balaban J connectivity index is 1.42. The number of piperidine rings is 1. The van der Waals surface area contributed by atoms with Gasteiger partial charge in [-0.2, -0.15) is 41.6 Å². The zero-order valence-electron chi connectivity index (χ0n) is 26.9. The number of fused-ring (bicyclic) bond motifs is 4. The second-order valence-corrected chi connectivity index (χ2v) is 14.9. The molecular formula is C34H31F8N7OS. The van der Waals surface area contributed by atoms with Gasteiger partial charge in [0.2, 0.25) is 0 Å². The summed E-state index contributed by atoms with van der Waals surface area (Å²) in [4.78, 5) is 12.4. The van der Waals surface area contributed by atoms with Crippen molar-refractivity contribution in [2.24, 2.45) is 5.92 Å². The van der Waals surface area contributed by atoms with E-state index in [2.05, 4.69) is 15.3 Å². The predicted molar refractivity (Wildman–Crippen MR) is 175 cm³/mol. The Labute approximate surface area is 290 Å². The number of nitrogens with two attached hydrogens (primary N) is 1. The van der Waals surface area contributed by atoms with Gasteiger partial charge in [0.15, 0.2) is 0 Å². The first-order chi connectivity index (χ1) is 24.2. The fraction of sp³-hybridized carbons (Fsp3) is 0.500. The van der Waals surface area contributed by atoms with Crippen molar-refractivity contribution in [3.8, 4) is 23.2 Å². The van der Waals surface area contributed by atoms with E-state index in [0.717, 1.165) is 18.6 Å². The lowest BCUT2D eigenvalue weighted by molar-refractivity contribution is -0.141. The number of nitrogens with zero attached hydrogens (tertiary/aromatic N) is 5. The number of anilines is 2. The highest BCUT2D eigenvalue weighted by atomic mass is 32.1.